The molecule has 0 N–H and O–H groups in total. The first-order valence-corrected chi connectivity index (χ1v) is 9.95. The van der Waals surface area contributed by atoms with Crippen molar-refractivity contribution in [3.8, 4) is 17.2 Å². The van der Waals surface area contributed by atoms with Gasteiger partial charge in [0.15, 0.2) is 0 Å². The summed E-state index contributed by atoms with van der Waals surface area (Å²) in [6.45, 7) is 5.73. The number of aryl methyl sites for hydroxylation is 1. The summed E-state index contributed by atoms with van der Waals surface area (Å²) < 4.78 is 18.9. The van der Waals surface area contributed by atoms with Gasteiger partial charge in [-0.1, -0.05) is 12.1 Å². The number of rotatable bonds is 4. The fourth-order valence-electron chi connectivity index (χ4n) is 3.45. The van der Waals surface area contributed by atoms with Crippen LogP contribution in [0.15, 0.2) is 42.7 Å². The minimum absolute atomic E-state index is 0.179. The van der Waals surface area contributed by atoms with Gasteiger partial charge < -0.3 is 4.90 Å². The molecule has 3 aromatic rings. The van der Waals surface area contributed by atoms with Gasteiger partial charge in [-0.2, -0.15) is 9.64 Å². The molecule has 1 aromatic carbocycles. The van der Waals surface area contributed by atoms with Crippen LogP contribution < -0.4 is 4.90 Å². The third kappa shape index (κ3) is 3.75. The minimum atomic E-state index is -0.179. The number of aromatic nitrogens is 2. The lowest BCUT2D eigenvalue weighted by atomic mass is 10.0. The Morgan fingerprint density at radius 1 is 1.11 bits per heavy atom. The zero-order valence-electron chi connectivity index (χ0n) is 15.6. The molecule has 0 amide bonds. The van der Waals surface area contributed by atoms with Crippen molar-refractivity contribution in [1.82, 2.24) is 14.3 Å². The molecule has 0 bridgehead atoms. The van der Waals surface area contributed by atoms with Crippen LogP contribution in [0.5, 0.6) is 0 Å². The number of nitriles is 1. The molecular formula is C21H20FN5S. The highest BCUT2D eigenvalue weighted by atomic mass is 32.1. The van der Waals surface area contributed by atoms with Crippen LogP contribution in [0.2, 0.25) is 0 Å². The molecule has 7 heteroatoms. The van der Waals surface area contributed by atoms with E-state index in [1.54, 1.807) is 18.5 Å². The molecule has 28 heavy (non-hydrogen) atoms. The number of halogens is 1. The van der Waals surface area contributed by atoms with Crippen molar-refractivity contribution in [2.45, 2.75) is 13.5 Å². The highest BCUT2D eigenvalue weighted by Gasteiger charge is 2.23. The maximum absolute atomic E-state index is 14.6. The molecule has 1 fully saturated rings. The van der Waals surface area contributed by atoms with E-state index < -0.39 is 0 Å². The third-order valence-electron chi connectivity index (χ3n) is 5.08. The Morgan fingerprint density at radius 2 is 1.86 bits per heavy atom. The standard InChI is InChI=1S/C21H20FN5S/c1-15-19(13-23)21(28-25-15)27-10-8-26(9-11-27)14-18-3-2-17(12-20(18)22)16-4-6-24-7-5-16/h2-7,12H,8-11,14H2,1H3. The van der Waals surface area contributed by atoms with Crippen LogP contribution in [0.4, 0.5) is 9.39 Å². The van der Waals surface area contributed by atoms with E-state index in [1.807, 2.05) is 31.2 Å². The first-order valence-electron chi connectivity index (χ1n) is 9.18. The Morgan fingerprint density at radius 3 is 2.54 bits per heavy atom. The first kappa shape index (κ1) is 18.5. The lowest BCUT2D eigenvalue weighted by molar-refractivity contribution is 0.247. The molecule has 2 aromatic heterocycles. The van der Waals surface area contributed by atoms with Gasteiger partial charge in [0.25, 0.3) is 0 Å². The molecule has 0 unspecified atom stereocenters. The van der Waals surface area contributed by atoms with E-state index in [2.05, 4.69) is 25.2 Å². The fourth-order valence-corrected chi connectivity index (χ4v) is 4.35. The van der Waals surface area contributed by atoms with Crippen molar-refractivity contribution in [3.63, 3.8) is 0 Å². The molecule has 1 aliphatic rings. The van der Waals surface area contributed by atoms with Crippen LogP contribution in [0.25, 0.3) is 11.1 Å². The smallest absolute Gasteiger partial charge is 0.130 e. The van der Waals surface area contributed by atoms with Gasteiger partial charge in [0.05, 0.1) is 5.69 Å². The quantitative estimate of drug-likeness (QED) is 0.674. The molecule has 4 rings (SSSR count). The Bertz CT molecular complexity index is 1000. The number of hydrogen-bond donors (Lipinski definition) is 0. The Labute approximate surface area is 167 Å². The largest absolute Gasteiger partial charge is 0.359 e. The highest BCUT2D eigenvalue weighted by molar-refractivity contribution is 7.10. The number of anilines is 1. The lowest BCUT2D eigenvalue weighted by Crippen LogP contribution is -2.46. The Balaban J connectivity index is 1.40. The van der Waals surface area contributed by atoms with Gasteiger partial charge in [0.1, 0.15) is 22.5 Å². The molecule has 142 valence electrons. The van der Waals surface area contributed by atoms with Crippen LogP contribution in [0.3, 0.4) is 0 Å². The van der Waals surface area contributed by atoms with Crippen molar-refractivity contribution in [2.24, 2.45) is 0 Å². The number of nitrogens with zero attached hydrogens (tertiary/aromatic N) is 5. The normalized spacial score (nSPS) is 14.8. The number of piperazine rings is 1. The van der Waals surface area contributed by atoms with Gasteiger partial charge >= 0.3 is 0 Å². The van der Waals surface area contributed by atoms with Gasteiger partial charge in [-0.3, -0.25) is 9.88 Å². The van der Waals surface area contributed by atoms with Crippen LogP contribution in [-0.4, -0.2) is 40.4 Å². The highest BCUT2D eigenvalue weighted by Crippen LogP contribution is 2.29. The van der Waals surface area contributed by atoms with Crippen LogP contribution in [0, 0.1) is 24.1 Å². The second-order valence-corrected chi connectivity index (χ2v) is 7.62. The summed E-state index contributed by atoms with van der Waals surface area (Å²) in [4.78, 5) is 8.46. The first-order chi connectivity index (χ1) is 13.7. The summed E-state index contributed by atoms with van der Waals surface area (Å²) in [6, 6.07) is 11.4. The maximum Gasteiger partial charge on any atom is 0.130 e. The summed E-state index contributed by atoms with van der Waals surface area (Å²) in [5.41, 5.74) is 4.00. The van der Waals surface area contributed by atoms with E-state index in [0.29, 0.717) is 17.7 Å². The van der Waals surface area contributed by atoms with Crippen molar-refractivity contribution in [2.75, 3.05) is 31.1 Å². The van der Waals surface area contributed by atoms with Crippen LogP contribution in [0.1, 0.15) is 16.8 Å². The molecular weight excluding hydrogens is 373 g/mol. The molecule has 0 spiro atoms. The topological polar surface area (TPSA) is 56.1 Å². The van der Waals surface area contributed by atoms with Gasteiger partial charge in [-0.25, -0.2) is 4.39 Å². The predicted molar refractivity (Wildman–Crippen MR) is 109 cm³/mol. The Hall–Kier alpha value is -2.82. The molecule has 5 nitrogen and oxygen atoms in total. The molecule has 0 aliphatic carbocycles. The van der Waals surface area contributed by atoms with Crippen molar-refractivity contribution >= 4 is 16.5 Å². The maximum atomic E-state index is 14.6. The summed E-state index contributed by atoms with van der Waals surface area (Å²) in [5.74, 6) is -0.179. The van der Waals surface area contributed by atoms with Crippen molar-refractivity contribution < 1.29 is 4.39 Å². The molecule has 0 saturated carbocycles. The average molecular weight is 393 g/mol. The second-order valence-electron chi connectivity index (χ2n) is 6.87. The summed E-state index contributed by atoms with van der Waals surface area (Å²) in [5, 5.41) is 10.3. The molecule has 1 aliphatic heterocycles. The molecule has 0 atom stereocenters. The number of benzene rings is 1. The summed E-state index contributed by atoms with van der Waals surface area (Å²) in [6.07, 6.45) is 3.42. The van der Waals surface area contributed by atoms with Gasteiger partial charge in [0, 0.05) is 50.7 Å². The van der Waals surface area contributed by atoms with Gasteiger partial charge in [-0.05, 0) is 47.8 Å². The minimum Gasteiger partial charge on any atom is -0.359 e. The monoisotopic (exact) mass is 393 g/mol. The fraction of sp³-hybridized carbons (Fsp3) is 0.286. The number of pyridine rings is 1. The van der Waals surface area contributed by atoms with Crippen molar-refractivity contribution in [1.29, 1.82) is 5.26 Å². The van der Waals surface area contributed by atoms with E-state index in [1.165, 1.54) is 11.5 Å². The van der Waals surface area contributed by atoms with Crippen LogP contribution >= 0.6 is 11.5 Å². The van der Waals surface area contributed by atoms with Gasteiger partial charge in [0.2, 0.25) is 0 Å². The molecule has 1 saturated heterocycles. The van der Waals surface area contributed by atoms with E-state index in [-0.39, 0.29) is 5.82 Å². The van der Waals surface area contributed by atoms with Crippen molar-refractivity contribution in [3.05, 3.63) is 65.4 Å². The zero-order valence-corrected chi connectivity index (χ0v) is 16.4. The van der Waals surface area contributed by atoms with E-state index in [0.717, 1.165) is 48.0 Å². The van der Waals surface area contributed by atoms with E-state index in [9.17, 15) is 9.65 Å². The third-order valence-corrected chi connectivity index (χ3v) is 6.08. The Kier molecular flexibility index (Phi) is 5.33. The van der Waals surface area contributed by atoms with Gasteiger partial charge in [-0.15, -0.1) is 0 Å². The summed E-state index contributed by atoms with van der Waals surface area (Å²) >= 11 is 1.38. The average Bonchev–Trinajstić information content (AvgIpc) is 3.11. The summed E-state index contributed by atoms with van der Waals surface area (Å²) in [7, 11) is 0. The van der Waals surface area contributed by atoms with E-state index >= 15 is 0 Å². The van der Waals surface area contributed by atoms with Crippen LogP contribution in [-0.2, 0) is 6.54 Å². The number of hydrogen-bond acceptors (Lipinski definition) is 6. The second kappa shape index (κ2) is 8.05. The molecule has 0 radical (unpaired) electrons. The lowest BCUT2D eigenvalue weighted by Gasteiger charge is -2.35. The zero-order chi connectivity index (χ0) is 19.5. The molecule has 3 heterocycles. The SMILES string of the molecule is Cc1nsc(N2CCN(Cc3ccc(-c4ccncc4)cc3F)CC2)c1C#N. The predicted octanol–water partition coefficient (Wildman–Crippen LogP) is 3.85. The van der Waals surface area contributed by atoms with E-state index in [4.69, 9.17) is 0 Å².